The minimum Gasteiger partial charge on any atom is -0.397 e. The summed E-state index contributed by atoms with van der Waals surface area (Å²) in [5, 5.41) is 2.49. The lowest BCUT2D eigenvalue weighted by Crippen LogP contribution is -1.95. The van der Waals surface area contributed by atoms with Crippen molar-refractivity contribution in [2.75, 3.05) is 11.5 Å². The van der Waals surface area contributed by atoms with Crippen LogP contribution in [0.1, 0.15) is 0 Å². The summed E-state index contributed by atoms with van der Waals surface area (Å²) in [6, 6.07) is 9.57. The van der Waals surface area contributed by atoms with Crippen LogP contribution in [-0.4, -0.2) is 0 Å². The maximum absolute atomic E-state index is 6.03. The fourth-order valence-corrected chi connectivity index (χ4v) is 1.62. The van der Waals surface area contributed by atoms with Crippen LogP contribution in [0.25, 0.3) is 10.8 Å². The van der Waals surface area contributed by atoms with Gasteiger partial charge in [0.25, 0.3) is 0 Å². The molecule has 3 heteroatoms. The molecule has 0 spiro atoms. The molecule has 2 nitrogen and oxygen atoms in total. The van der Waals surface area contributed by atoms with Gasteiger partial charge in [-0.1, -0.05) is 35.9 Å². The lowest BCUT2D eigenvalue weighted by molar-refractivity contribution is 1.70. The predicted molar refractivity (Wildman–Crippen MR) is 57.8 cm³/mol. The van der Waals surface area contributed by atoms with Gasteiger partial charge >= 0.3 is 0 Å². The highest BCUT2D eigenvalue weighted by Gasteiger charge is 2.05. The van der Waals surface area contributed by atoms with Crippen LogP contribution in [0.4, 0.5) is 11.4 Å². The topological polar surface area (TPSA) is 52.0 Å². The molecule has 2 rings (SSSR count). The first-order valence-corrected chi connectivity index (χ1v) is 4.30. The smallest absolute Gasteiger partial charge is 0.0743 e. The predicted octanol–water partition coefficient (Wildman–Crippen LogP) is 2.66. The summed E-state index contributed by atoms with van der Waals surface area (Å²) in [7, 11) is 0. The van der Waals surface area contributed by atoms with E-state index in [1.54, 1.807) is 0 Å². The Bertz CT molecular complexity index is 466. The van der Waals surface area contributed by atoms with Crippen molar-refractivity contribution in [2.45, 2.75) is 0 Å². The molecule has 0 saturated heterocycles. The van der Waals surface area contributed by atoms with E-state index in [4.69, 9.17) is 23.1 Å². The van der Waals surface area contributed by atoms with Crippen LogP contribution in [0.15, 0.2) is 30.3 Å². The van der Waals surface area contributed by atoms with Gasteiger partial charge in [-0.15, -0.1) is 0 Å². The zero-order valence-electron chi connectivity index (χ0n) is 6.92. The molecular weight excluding hydrogens is 184 g/mol. The molecule has 2 aromatic carbocycles. The normalized spacial score (nSPS) is 10.5. The van der Waals surface area contributed by atoms with Gasteiger partial charge < -0.3 is 11.5 Å². The second kappa shape index (κ2) is 2.82. The highest BCUT2D eigenvalue weighted by Crippen LogP contribution is 2.33. The van der Waals surface area contributed by atoms with Crippen LogP contribution in [0.5, 0.6) is 0 Å². The Labute approximate surface area is 81.1 Å². The zero-order valence-corrected chi connectivity index (χ0v) is 7.68. The van der Waals surface area contributed by atoms with Crippen molar-refractivity contribution in [3.8, 4) is 0 Å². The van der Waals surface area contributed by atoms with Crippen LogP contribution in [0.3, 0.4) is 0 Å². The van der Waals surface area contributed by atoms with Crippen LogP contribution in [0.2, 0.25) is 5.02 Å². The van der Waals surface area contributed by atoms with E-state index < -0.39 is 0 Å². The van der Waals surface area contributed by atoms with Crippen molar-refractivity contribution >= 4 is 33.7 Å². The molecule has 0 aromatic heterocycles. The average Bonchev–Trinajstić information content (AvgIpc) is 2.15. The van der Waals surface area contributed by atoms with Gasteiger partial charge in [-0.3, -0.25) is 0 Å². The first-order valence-electron chi connectivity index (χ1n) is 3.92. The second-order valence-corrected chi connectivity index (χ2v) is 3.29. The van der Waals surface area contributed by atoms with E-state index in [2.05, 4.69) is 0 Å². The number of rotatable bonds is 0. The van der Waals surface area contributed by atoms with Gasteiger partial charge in [0.15, 0.2) is 0 Å². The van der Waals surface area contributed by atoms with Crippen LogP contribution >= 0.6 is 11.6 Å². The zero-order chi connectivity index (χ0) is 9.42. The lowest BCUT2D eigenvalue weighted by Gasteiger charge is -2.06. The van der Waals surface area contributed by atoms with E-state index in [0.717, 1.165) is 10.8 Å². The van der Waals surface area contributed by atoms with Gasteiger partial charge in [0, 0.05) is 5.39 Å². The van der Waals surface area contributed by atoms with Gasteiger partial charge in [0.1, 0.15) is 0 Å². The molecule has 0 heterocycles. The standard InChI is InChI=1S/C10H9ClN2/c11-9-7-4-2-1-3-6(7)5-8(12)10(9)13/h1-5H,12-13H2. The molecule has 0 amide bonds. The third-order valence-electron chi connectivity index (χ3n) is 2.06. The Hall–Kier alpha value is -1.41. The van der Waals surface area contributed by atoms with E-state index in [-0.39, 0.29) is 0 Å². The number of hydrogen-bond acceptors (Lipinski definition) is 2. The molecule has 0 atom stereocenters. The van der Waals surface area contributed by atoms with Gasteiger partial charge in [-0.05, 0) is 11.5 Å². The molecule has 66 valence electrons. The van der Waals surface area contributed by atoms with Crippen molar-refractivity contribution in [1.82, 2.24) is 0 Å². The van der Waals surface area contributed by atoms with Gasteiger partial charge in [-0.2, -0.15) is 0 Å². The van der Waals surface area contributed by atoms with Crippen molar-refractivity contribution in [1.29, 1.82) is 0 Å². The minimum atomic E-state index is 0.459. The van der Waals surface area contributed by atoms with Crippen molar-refractivity contribution < 1.29 is 0 Å². The first kappa shape index (κ1) is 8.20. The second-order valence-electron chi connectivity index (χ2n) is 2.91. The third kappa shape index (κ3) is 1.19. The Morgan fingerprint density at radius 2 is 1.77 bits per heavy atom. The van der Waals surface area contributed by atoms with E-state index in [0.29, 0.717) is 16.4 Å². The first-order chi connectivity index (χ1) is 6.20. The Morgan fingerprint density at radius 1 is 1.08 bits per heavy atom. The van der Waals surface area contributed by atoms with Crippen LogP contribution in [-0.2, 0) is 0 Å². The largest absolute Gasteiger partial charge is 0.397 e. The molecule has 13 heavy (non-hydrogen) atoms. The van der Waals surface area contributed by atoms with Gasteiger partial charge in [0.05, 0.1) is 16.4 Å². The van der Waals surface area contributed by atoms with Crippen molar-refractivity contribution in [3.63, 3.8) is 0 Å². The molecule has 0 unspecified atom stereocenters. The van der Waals surface area contributed by atoms with Gasteiger partial charge in [-0.25, -0.2) is 0 Å². The molecule has 0 aliphatic rings. The van der Waals surface area contributed by atoms with E-state index in [1.807, 2.05) is 30.3 Å². The maximum Gasteiger partial charge on any atom is 0.0743 e. The molecule has 4 N–H and O–H groups in total. The maximum atomic E-state index is 6.03. The highest BCUT2D eigenvalue weighted by molar-refractivity contribution is 6.38. The number of anilines is 2. The molecule has 0 saturated carbocycles. The monoisotopic (exact) mass is 192 g/mol. The number of fused-ring (bicyclic) bond motifs is 1. The summed E-state index contributed by atoms with van der Waals surface area (Å²) >= 11 is 6.03. The number of hydrogen-bond donors (Lipinski definition) is 2. The average molecular weight is 193 g/mol. The van der Waals surface area contributed by atoms with Crippen LogP contribution < -0.4 is 11.5 Å². The number of nitrogens with two attached hydrogens (primary N) is 2. The number of halogens is 1. The summed E-state index contributed by atoms with van der Waals surface area (Å²) in [5.41, 5.74) is 12.4. The van der Waals surface area contributed by atoms with Crippen molar-refractivity contribution in [2.24, 2.45) is 0 Å². The summed E-state index contributed by atoms with van der Waals surface area (Å²) in [4.78, 5) is 0. The molecular formula is C10H9ClN2. The fraction of sp³-hybridized carbons (Fsp3) is 0. The summed E-state index contributed by atoms with van der Waals surface area (Å²) in [6.07, 6.45) is 0. The molecule has 0 aliphatic carbocycles. The number of nitrogen functional groups attached to an aromatic ring is 2. The highest BCUT2D eigenvalue weighted by atomic mass is 35.5. The molecule has 0 radical (unpaired) electrons. The van der Waals surface area contributed by atoms with Gasteiger partial charge in [0.2, 0.25) is 0 Å². The van der Waals surface area contributed by atoms with Crippen molar-refractivity contribution in [3.05, 3.63) is 35.4 Å². The van der Waals surface area contributed by atoms with E-state index in [9.17, 15) is 0 Å². The molecule has 0 fully saturated rings. The quantitative estimate of drug-likeness (QED) is 0.631. The molecule has 2 aromatic rings. The summed E-state index contributed by atoms with van der Waals surface area (Å²) in [5.74, 6) is 0. The Kier molecular flexibility index (Phi) is 1.78. The Morgan fingerprint density at radius 3 is 2.54 bits per heavy atom. The summed E-state index contributed by atoms with van der Waals surface area (Å²) < 4.78 is 0. The molecule has 0 aliphatic heterocycles. The third-order valence-corrected chi connectivity index (χ3v) is 2.46. The SMILES string of the molecule is Nc1cc2ccccc2c(Cl)c1N. The van der Waals surface area contributed by atoms with E-state index >= 15 is 0 Å². The molecule has 0 bridgehead atoms. The fourth-order valence-electron chi connectivity index (χ4n) is 1.34. The summed E-state index contributed by atoms with van der Waals surface area (Å²) in [6.45, 7) is 0. The minimum absolute atomic E-state index is 0.459. The lowest BCUT2D eigenvalue weighted by atomic mass is 10.1. The van der Waals surface area contributed by atoms with E-state index in [1.165, 1.54) is 0 Å². The van der Waals surface area contributed by atoms with Crippen LogP contribution in [0, 0.1) is 0 Å². The number of benzene rings is 2. The Balaban J connectivity index is 2.94.